The van der Waals surface area contributed by atoms with Crippen LogP contribution in [0, 0.1) is 6.92 Å². The van der Waals surface area contributed by atoms with E-state index in [2.05, 4.69) is 22.0 Å². The number of halogens is 1. The number of carboxylic acid groups (broad SMARTS) is 1. The van der Waals surface area contributed by atoms with Gasteiger partial charge in [-0.15, -0.1) is 0 Å². The molecule has 0 saturated carbocycles. The maximum atomic E-state index is 10.3. The van der Waals surface area contributed by atoms with Gasteiger partial charge in [-0.25, -0.2) is 0 Å². The molecule has 0 aliphatic carbocycles. The molecule has 0 bridgehead atoms. The maximum absolute atomic E-state index is 10.3. The largest absolute Gasteiger partial charge is 0.481 e. The summed E-state index contributed by atoms with van der Waals surface area (Å²) in [7, 11) is 0. The van der Waals surface area contributed by atoms with Crippen LogP contribution in [0.2, 0.25) is 0 Å². The Labute approximate surface area is 92.1 Å². The van der Waals surface area contributed by atoms with Crippen molar-refractivity contribution >= 4 is 21.9 Å². The molecule has 14 heavy (non-hydrogen) atoms. The molecule has 1 aromatic carbocycles. The minimum Gasteiger partial charge on any atom is -0.481 e. The summed E-state index contributed by atoms with van der Waals surface area (Å²) in [4.78, 5) is 10.3. The summed E-state index contributed by atoms with van der Waals surface area (Å²) in [6, 6.07) is 6.09. The van der Waals surface area contributed by atoms with Gasteiger partial charge in [-0.2, -0.15) is 0 Å². The van der Waals surface area contributed by atoms with E-state index in [1.807, 2.05) is 19.1 Å². The Balaban J connectivity index is 2.57. The molecule has 0 unspecified atom stereocenters. The third-order valence-corrected chi connectivity index (χ3v) is 2.64. The second-order valence-corrected chi connectivity index (χ2v) is 4.23. The van der Waals surface area contributed by atoms with Gasteiger partial charge in [0.05, 0.1) is 0 Å². The fourth-order valence-electron chi connectivity index (χ4n) is 1.34. The van der Waals surface area contributed by atoms with Gasteiger partial charge in [-0.05, 0) is 43.0 Å². The average Bonchev–Trinajstić information content (AvgIpc) is 2.10. The van der Waals surface area contributed by atoms with E-state index < -0.39 is 5.97 Å². The number of benzene rings is 1. The Morgan fingerprint density at radius 3 is 2.86 bits per heavy atom. The van der Waals surface area contributed by atoms with Crippen LogP contribution in [0.15, 0.2) is 22.7 Å². The number of hydrogen-bond donors (Lipinski definition) is 1. The van der Waals surface area contributed by atoms with Crippen LogP contribution in [-0.4, -0.2) is 11.1 Å². The van der Waals surface area contributed by atoms with Crippen LogP contribution in [0.3, 0.4) is 0 Å². The summed E-state index contributed by atoms with van der Waals surface area (Å²) in [6.45, 7) is 2.04. The third-order valence-electron chi connectivity index (χ3n) is 2.15. The van der Waals surface area contributed by atoms with Gasteiger partial charge in [0.25, 0.3) is 0 Å². The molecule has 0 fully saturated rings. The van der Waals surface area contributed by atoms with Crippen LogP contribution in [0.1, 0.15) is 24.0 Å². The van der Waals surface area contributed by atoms with Crippen molar-refractivity contribution in [2.24, 2.45) is 0 Å². The fraction of sp³-hybridized carbons (Fsp3) is 0.364. The van der Waals surface area contributed by atoms with Crippen LogP contribution >= 0.6 is 15.9 Å². The molecule has 0 aromatic heterocycles. The Kier molecular flexibility index (Phi) is 4.14. The van der Waals surface area contributed by atoms with E-state index in [9.17, 15) is 4.79 Å². The number of rotatable bonds is 4. The van der Waals surface area contributed by atoms with E-state index in [1.165, 1.54) is 11.1 Å². The zero-order valence-corrected chi connectivity index (χ0v) is 9.67. The second kappa shape index (κ2) is 5.15. The third kappa shape index (κ3) is 3.50. The first-order valence-electron chi connectivity index (χ1n) is 4.56. The molecular formula is C11H13BrO2. The highest BCUT2D eigenvalue weighted by atomic mass is 79.9. The Morgan fingerprint density at radius 1 is 1.50 bits per heavy atom. The number of aryl methyl sites for hydroxylation is 2. The minimum absolute atomic E-state index is 0.242. The number of carboxylic acids is 1. The SMILES string of the molecule is Cc1ccc(Br)cc1CCCC(=O)O. The first kappa shape index (κ1) is 11.2. The molecular weight excluding hydrogens is 244 g/mol. The lowest BCUT2D eigenvalue weighted by Crippen LogP contribution is -1.97. The van der Waals surface area contributed by atoms with Crippen molar-refractivity contribution in [1.82, 2.24) is 0 Å². The zero-order chi connectivity index (χ0) is 10.6. The molecule has 1 rings (SSSR count). The Hall–Kier alpha value is -0.830. The highest BCUT2D eigenvalue weighted by Gasteiger charge is 2.01. The van der Waals surface area contributed by atoms with Gasteiger partial charge in [-0.3, -0.25) is 4.79 Å². The van der Waals surface area contributed by atoms with Gasteiger partial charge >= 0.3 is 5.97 Å². The molecule has 0 aliphatic rings. The first-order chi connectivity index (χ1) is 6.59. The molecule has 0 saturated heterocycles. The maximum Gasteiger partial charge on any atom is 0.303 e. The summed E-state index contributed by atoms with van der Waals surface area (Å²) in [6.07, 6.45) is 1.77. The van der Waals surface area contributed by atoms with E-state index in [1.54, 1.807) is 0 Å². The standard InChI is InChI=1S/C11H13BrO2/c1-8-5-6-10(12)7-9(8)3-2-4-11(13)14/h5-7H,2-4H2,1H3,(H,13,14). The second-order valence-electron chi connectivity index (χ2n) is 3.32. The first-order valence-corrected chi connectivity index (χ1v) is 5.35. The van der Waals surface area contributed by atoms with Crippen molar-refractivity contribution in [3.63, 3.8) is 0 Å². The van der Waals surface area contributed by atoms with Crippen LogP contribution in [0.5, 0.6) is 0 Å². The smallest absolute Gasteiger partial charge is 0.303 e. The topological polar surface area (TPSA) is 37.3 Å². The van der Waals surface area contributed by atoms with Crippen LogP contribution in [-0.2, 0) is 11.2 Å². The molecule has 3 heteroatoms. The number of hydrogen-bond acceptors (Lipinski definition) is 1. The van der Waals surface area contributed by atoms with Gasteiger partial charge in [0.2, 0.25) is 0 Å². The summed E-state index contributed by atoms with van der Waals surface area (Å²) >= 11 is 3.40. The van der Waals surface area contributed by atoms with E-state index in [0.717, 1.165) is 10.9 Å². The van der Waals surface area contributed by atoms with Gasteiger partial charge in [0.1, 0.15) is 0 Å². The average molecular weight is 257 g/mol. The lowest BCUT2D eigenvalue weighted by molar-refractivity contribution is -0.137. The quantitative estimate of drug-likeness (QED) is 0.899. The van der Waals surface area contributed by atoms with Gasteiger partial charge in [0, 0.05) is 10.9 Å². The Bertz CT molecular complexity index is 334. The van der Waals surface area contributed by atoms with Crippen molar-refractivity contribution < 1.29 is 9.90 Å². The highest BCUT2D eigenvalue weighted by molar-refractivity contribution is 9.10. The van der Waals surface area contributed by atoms with E-state index in [4.69, 9.17) is 5.11 Å². The molecule has 0 heterocycles. The molecule has 1 aromatic rings. The lowest BCUT2D eigenvalue weighted by Gasteiger charge is -2.05. The van der Waals surface area contributed by atoms with Crippen molar-refractivity contribution in [2.45, 2.75) is 26.2 Å². The highest BCUT2D eigenvalue weighted by Crippen LogP contribution is 2.17. The summed E-state index contributed by atoms with van der Waals surface area (Å²) in [5.74, 6) is -0.724. The van der Waals surface area contributed by atoms with Crippen LogP contribution in [0.4, 0.5) is 0 Å². The predicted octanol–water partition coefficient (Wildman–Crippen LogP) is 3.16. The number of aliphatic carboxylic acids is 1. The van der Waals surface area contributed by atoms with Crippen molar-refractivity contribution in [3.05, 3.63) is 33.8 Å². The van der Waals surface area contributed by atoms with Gasteiger partial charge in [0.15, 0.2) is 0 Å². The summed E-state index contributed by atoms with van der Waals surface area (Å²) < 4.78 is 1.05. The van der Waals surface area contributed by atoms with Crippen molar-refractivity contribution in [2.75, 3.05) is 0 Å². The van der Waals surface area contributed by atoms with E-state index in [-0.39, 0.29) is 6.42 Å². The van der Waals surface area contributed by atoms with Gasteiger partial charge < -0.3 is 5.11 Å². The lowest BCUT2D eigenvalue weighted by atomic mass is 10.0. The predicted molar refractivity (Wildman–Crippen MR) is 59.5 cm³/mol. The number of carbonyl (C=O) groups is 1. The molecule has 0 radical (unpaired) electrons. The Morgan fingerprint density at radius 2 is 2.21 bits per heavy atom. The molecule has 0 amide bonds. The zero-order valence-electron chi connectivity index (χ0n) is 8.09. The van der Waals surface area contributed by atoms with Crippen LogP contribution < -0.4 is 0 Å². The van der Waals surface area contributed by atoms with Gasteiger partial charge in [-0.1, -0.05) is 22.0 Å². The normalized spacial score (nSPS) is 10.1. The minimum atomic E-state index is -0.724. The molecule has 0 atom stereocenters. The monoisotopic (exact) mass is 256 g/mol. The van der Waals surface area contributed by atoms with Crippen molar-refractivity contribution in [3.8, 4) is 0 Å². The molecule has 0 aliphatic heterocycles. The molecule has 1 N–H and O–H groups in total. The van der Waals surface area contributed by atoms with Crippen LogP contribution in [0.25, 0.3) is 0 Å². The van der Waals surface area contributed by atoms with E-state index in [0.29, 0.717) is 6.42 Å². The van der Waals surface area contributed by atoms with Crippen molar-refractivity contribution in [1.29, 1.82) is 0 Å². The fourth-order valence-corrected chi connectivity index (χ4v) is 1.75. The molecule has 76 valence electrons. The molecule has 0 spiro atoms. The summed E-state index contributed by atoms with van der Waals surface area (Å²) in [5, 5.41) is 8.51. The molecule has 2 nitrogen and oxygen atoms in total. The summed E-state index contributed by atoms with van der Waals surface area (Å²) in [5.41, 5.74) is 2.44. The van der Waals surface area contributed by atoms with E-state index >= 15 is 0 Å².